The molecule has 2 aromatic rings. The number of hydrogen-bond donors (Lipinski definition) is 1. The molecule has 0 aromatic carbocycles. The van der Waals surface area contributed by atoms with Gasteiger partial charge in [0.05, 0.1) is 12.4 Å². The average molecular weight is 291 g/mol. The number of hydrogen-bond acceptors (Lipinski definition) is 3. The van der Waals surface area contributed by atoms with Crippen LogP contribution in [0.2, 0.25) is 5.15 Å². The van der Waals surface area contributed by atoms with Gasteiger partial charge < -0.3 is 9.88 Å². The highest BCUT2D eigenvalue weighted by Gasteiger charge is 2.30. The molecule has 0 radical (unpaired) electrons. The van der Waals surface area contributed by atoms with Gasteiger partial charge in [-0.3, -0.25) is 4.79 Å². The fourth-order valence-electron chi connectivity index (χ4n) is 2.71. The molecular formula is C14H15ClN4O. The molecule has 0 saturated heterocycles. The number of imidazole rings is 1. The molecule has 2 unspecified atom stereocenters. The summed E-state index contributed by atoms with van der Waals surface area (Å²) in [6.45, 7) is 0. The Bertz CT molecular complexity index is 599. The first-order valence-corrected chi connectivity index (χ1v) is 7.03. The average Bonchev–Trinajstić information content (AvgIpc) is 3.08. The fourth-order valence-corrected chi connectivity index (χ4v) is 2.87. The third-order valence-electron chi connectivity index (χ3n) is 3.65. The van der Waals surface area contributed by atoms with Gasteiger partial charge in [0, 0.05) is 18.4 Å². The van der Waals surface area contributed by atoms with Gasteiger partial charge in [0.1, 0.15) is 10.8 Å². The minimum Gasteiger partial charge on any atom is -0.346 e. The van der Waals surface area contributed by atoms with Crippen molar-refractivity contribution in [3.8, 4) is 0 Å². The van der Waals surface area contributed by atoms with Crippen molar-refractivity contribution in [2.24, 2.45) is 0 Å². The standard InChI is InChI=1S/C14H15ClN4O/c15-13-6-2-4-11(17-13)14(20)18-10-3-1-5-12(10)19-8-7-16-9-19/h2,4,6-10,12H,1,3,5H2,(H,18,20). The monoisotopic (exact) mass is 290 g/mol. The van der Waals surface area contributed by atoms with Crippen LogP contribution in [0.25, 0.3) is 0 Å². The smallest absolute Gasteiger partial charge is 0.270 e. The van der Waals surface area contributed by atoms with Crippen LogP contribution in [0.5, 0.6) is 0 Å². The molecule has 2 aromatic heterocycles. The summed E-state index contributed by atoms with van der Waals surface area (Å²) in [7, 11) is 0. The van der Waals surface area contributed by atoms with E-state index in [1.807, 2.05) is 6.20 Å². The predicted molar refractivity (Wildman–Crippen MR) is 75.6 cm³/mol. The Morgan fingerprint density at radius 2 is 2.30 bits per heavy atom. The lowest BCUT2D eigenvalue weighted by atomic mass is 10.1. The van der Waals surface area contributed by atoms with E-state index in [2.05, 4.69) is 19.9 Å². The molecule has 1 aliphatic carbocycles. The van der Waals surface area contributed by atoms with E-state index in [0.717, 1.165) is 19.3 Å². The Balaban J connectivity index is 1.72. The van der Waals surface area contributed by atoms with E-state index < -0.39 is 0 Å². The minimum atomic E-state index is -0.176. The lowest BCUT2D eigenvalue weighted by Gasteiger charge is -2.22. The number of pyridine rings is 1. The number of amides is 1. The summed E-state index contributed by atoms with van der Waals surface area (Å²) in [5.41, 5.74) is 0.355. The van der Waals surface area contributed by atoms with E-state index in [9.17, 15) is 4.79 Å². The highest BCUT2D eigenvalue weighted by atomic mass is 35.5. The van der Waals surface area contributed by atoms with Gasteiger partial charge in [-0.15, -0.1) is 0 Å². The quantitative estimate of drug-likeness (QED) is 0.883. The first-order valence-electron chi connectivity index (χ1n) is 6.65. The molecule has 0 bridgehead atoms. The zero-order chi connectivity index (χ0) is 13.9. The number of carbonyl (C=O) groups excluding carboxylic acids is 1. The molecule has 2 heterocycles. The molecule has 6 heteroatoms. The summed E-state index contributed by atoms with van der Waals surface area (Å²) in [5.74, 6) is -0.176. The molecule has 5 nitrogen and oxygen atoms in total. The number of aromatic nitrogens is 3. The van der Waals surface area contributed by atoms with Gasteiger partial charge in [-0.25, -0.2) is 9.97 Å². The van der Waals surface area contributed by atoms with Crippen LogP contribution in [0.4, 0.5) is 0 Å². The van der Waals surface area contributed by atoms with Crippen molar-refractivity contribution in [1.82, 2.24) is 19.9 Å². The van der Waals surface area contributed by atoms with E-state index in [1.54, 1.807) is 30.7 Å². The number of rotatable bonds is 3. The number of nitrogens with zero attached hydrogens (tertiary/aromatic N) is 3. The maximum atomic E-state index is 12.2. The Morgan fingerprint density at radius 3 is 3.05 bits per heavy atom. The van der Waals surface area contributed by atoms with Crippen LogP contribution in [0, 0.1) is 0 Å². The third-order valence-corrected chi connectivity index (χ3v) is 3.86. The zero-order valence-corrected chi connectivity index (χ0v) is 11.6. The first-order chi connectivity index (χ1) is 9.74. The molecule has 0 aliphatic heterocycles. The van der Waals surface area contributed by atoms with Crippen LogP contribution in [0.3, 0.4) is 0 Å². The van der Waals surface area contributed by atoms with Crippen molar-refractivity contribution in [2.45, 2.75) is 31.3 Å². The molecule has 2 atom stereocenters. The molecule has 1 saturated carbocycles. The molecule has 20 heavy (non-hydrogen) atoms. The Labute approximate surface area is 122 Å². The van der Waals surface area contributed by atoms with E-state index in [0.29, 0.717) is 10.8 Å². The molecule has 1 N–H and O–H groups in total. The molecular weight excluding hydrogens is 276 g/mol. The van der Waals surface area contributed by atoms with Crippen molar-refractivity contribution >= 4 is 17.5 Å². The van der Waals surface area contributed by atoms with Crippen LogP contribution in [0.1, 0.15) is 35.8 Å². The summed E-state index contributed by atoms with van der Waals surface area (Å²) in [6, 6.07) is 5.43. The Kier molecular flexibility index (Phi) is 3.69. The van der Waals surface area contributed by atoms with Crippen molar-refractivity contribution in [3.63, 3.8) is 0 Å². The van der Waals surface area contributed by atoms with Crippen molar-refractivity contribution in [1.29, 1.82) is 0 Å². The second kappa shape index (κ2) is 5.63. The fraction of sp³-hybridized carbons (Fsp3) is 0.357. The van der Waals surface area contributed by atoms with Gasteiger partial charge in [-0.05, 0) is 31.4 Å². The largest absolute Gasteiger partial charge is 0.346 e. The van der Waals surface area contributed by atoms with Gasteiger partial charge in [-0.2, -0.15) is 0 Å². The van der Waals surface area contributed by atoms with Crippen LogP contribution >= 0.6 is 11.6 Å². The molecule has 3 rings (SSSR count). The van der Waals surface area contributed by atoms with E-state index in [-0.39, 0.29) is 18.0 Å². The second-order valence-corrected chi connectivity index (χ2v) is 5.32. The minimum absolute atomic E-state index is 0.109. The summed E-state index contributed by atoms with van der Waals surface area (Å²) in [5, 5.41) is 3.38. The Morgan fingerprint density at radius 1 is 1.40 bits per heavy atom. The van der Waals surface area contributed by atoms with Gasteiger partial charge in [-0.1, -0.05) is 17.7 Å². The predicted octanol–water partition coefficient (Wildman–Crippen LogP) is 2.46. The Hall–Kier alpha value is -1.88. The molecule has 104 valence electrons. The second-order valence-electron chi connectivity index (χ2n) is 4.93. The SMILES string of the molecule is O=C(NC1CCCC1n1ccnc1)c1cccc(Cl)n1. The maximum absolute atomic E-state index is 12.2. The van der Waals surface area contributed by atoms with E-state index in [1.165, 1.54) is 0 Å². The van der Waals surface area contributed by atoms with Crippen molar-refractivity contribution in [3.05, 3.63) is 47.8 Å². The topological polar surface area (TPSA) is 59.8 Å². The van der Waals surface area contributed by atoms with Gasteiger partial charge in [0.25, 0.3) is 5.91 Å². The lowest BCUT2D eigenvalue weighted by Crippen LogP contribution is -2.38. The maximum Gasteiger partial charge on any atom is 0.270 e. The van der Waals surface area contributed by atoms with E-state index >= 15 is 0 Å². The van der Waals surface area contributed by atoms with Gasteiger partial charge in [0.2, 0.25) is 0 Å². The van der Waals surface area contributed by atoms with Crippen molar-refractivity contribution < 1.29 is 4.79 Å². The lowest BCUT2D eigenvalue weighted by molar-refractivity contribution is 0.0924. The van der Waals surface area contributed by atoms with Crippen LogP contribution < -0.4 is 5.32 Å². The normalized spacial score (nSPS) is 21.9. The van der Waals surface area contributed by atoms with Crippen LogP contribution in [-0.2, 0) is 0 Å². The summed E-state index contributed by atoms with van der Waals surface area (Å²) >= 11 is 5.81. The number of carbonyl (C=O) groups is 1. The van der Waals surface area contributed by atoms with Crippen molar-refractivity contribution in [2.75, 3.05) is 0 Å². The highest BCUT2D eigenvalue weighted by Crippen LogP contribution is 2.30. The molecule has 1 amide bonds. The zero-order valence-electron chi connectivity index (χ0n) is 10.9. The molecule has 0 spiro atoms. The summed E-state index contributed by atoms with van der Waals surface area (Å²) in [4.78, 5) is 20.3. The van der Waals surface area contributed by atoms with E-state index in [4.69, 9.17) is 11.6 Å². The first kappa shape index (κ1) is 13.1. The summed E-state index contributed by atoms with van der Waals surface area (Å²) < 4.78 is 2.06. The third kappa shape index (κ3) is 2.67. The van der Waals surface area contributed by atoms with Gasteiger partial charge >= 0.3 is 0 Å². The molecule has 1 fully saturated rings. The van der Waals surface area contributed by atoms with Gasteiger partial charge in [0.15, 0.2) is 0 Å². The highest BCUT2D eigenvalue weighted by molar-refractivity contribution is 6.29. The number of halogens is 1. The molecule has 1 aliphatic rings. The summed E-state index contributed by atoms with van der Waals surface area (Å²) in [6.07, 6.45) is 8.60. The van der Waals surface area contributed by atoms with Crippen LogP contribution in [0.15, 0.2) is 36.9 Å². The van der Waals surface area contributed by atoms with Crippen LogP contribution in [-0.4, -0.2) is 26.5 Å². The number of nitrogens with one attached hydrogen (secondary N) is 1.